The fourth-order valence-corrected chi connectivity index (χ4v) is 3.63. The van der Waals surface area contributed by atoms with Crippen molar-refractivity contribution < 1.29 is 9.53 Å². The lowest BCUT2D eigenvalue weighted by Crippen LogP contribution is -2.05. The molecule has 2 nitrogen and oxygen atoms in total. The van der Waals surface area contributed by atoms with E-state index in [4.69, 9.17) is 4.74 Å². The molecule has 0 N–H and O–H groups in total. The maximum absolute atomic E-state index is 11.7. The third-order valence-corrected chi connectivity index (χ3v) is 5.57. The van der Waals surface area contributed by atoms with Crippen molar-refractivity contribution in [2.24, 2.45) is 0 Å². The largest absolute Gasteiger partial charge is 0.466 e. The van der Waals surface area contributed by atoms with Crippen molar-refractivity contribution in [3.05, 3.63) is 11.6 Å². The predicted octanol–water partition coefficient (Wildman–Crippen LogP) is 8.52. The molecule has 0 amide bonds. The Morgan fingerprint density at radius 1 is 0.741 bits per heavy atom. The average molecular weight is 446 g/mol. The van der Waals surface area contributed by atoms with Crippen LogP contribution in [0.5, 0.6) is 0 Å². The van der Waals surface area contributed by atoms with E-state index >= 15 is 0 Å². The molecular formula is C24H45BrO2. The molecule has 0 aliphatic heterocycles. The van der Waals surface area contributed by atoms with Crippen molar-refractivity contribution >= 4 is 21.9 Å². The second-order valence-electron chi connectivity index (χ2n) is 7.70. The van der Waals surface area contributed by atoms with Crippen LogP contribution in [0.2, 0.25) is 0 Å². The van der Waals surface area contributed by atoms with Gasteiger partial charge in [0.05, 0.1) is 6.61 Å². The summed E-state index contributed by atoms with van der Waals surface area (Å²) in [6.45, 7) is 5.14. The standard InChI is InChI=1S/C24H45BrO2/c1-3-5-7-11-17-23(18-12-8-6-4-2)19-13-9-14-20-24(26)27-22-16-10-15-21-25/h19H,3-18,20-22H2,1-2H3. The molecule has 0 atom stereocenters. The highest BCUT2D eigenvalue weighted by Crippen LogP contribution is 2.19. The molecule has 0 aromatic carbocycles. The van der Waals surface area contributed by atoms with E-state index in [9.17, 15) is 4.79 Å². The summed E-state index contributed by atoms with van der Waals surface area (Å²) in [6, 6.07) is 0. The van der Waals surface area contributed by atoms with Gasteiger partial charge in [-0.05, 0) is 64.2 Å². The van der Waals surface area contributed by atoms with Gasteiger partial charge in [-0.15, -0.1) is 0 Å². The average Bonchev–Trinajstić information content (AvgIpc) is 2.67. The number of allylic oxidation sites excluding steroid dienone is 2. The summed E-state index contributed by atoms with van der Waals surface area (Å²) in [7, 11) is 0. The van der Waals surface area contributed by atoms with Crippen LogP contribution in [0.15, 0.2) is 11.6 Å². The zero-order chi connectivity index (χ0) is 20.0. The van der Waals surface area contributed by atoms with Gasteiger partial charge in [0.2, 0.25) is 0 Å². The monoisotopic (exact) mass is 444 g/mol. The van der Waals surface area contributed by atoms with Crippen LogP contribution < -0.4 is 0 Å². The summed E-state index contributed by atoms with van der Waals surface area (Å²) in [5.41, 5.74) is 1.66. The Hall–Kier alpha value is -0.310. The van der Waals surface area contributed by atoms with Crippen molar-refractivity contribution in [1.29, 1.82) is 0 Å². The van der Waals surface area contributed by atoms with Gasteiger partial charge in [-0.1, -0.05) is 80.0 Å². The van der Waals surface area contributed by atoms with E-state index in [2.05, 4.69) is 35.9 Å². The minimum Gasteiger partial charge on any atom is -0.466 e. The highest BCUT2D eigenvalue weighted by atomic mass is 79.9. The Labute approximate surface area is 178 Å². The topological polar surface area (TPSA) is 26.3 Å². The quantitative estimate of drug-likeness (QED) is 0.0812. The molecule has 0 unspecified atom stereocenters. The Morgan fingerprint density at radius 2 is 1.33 bits per heavy atom. The van der Waals surface area contributed by atoms with Crippen LogP contribution in [0, 0.1) is 0 Å². The van der Waals surface area contributed by atoms with Gasteiger partial charge in [-0.3, -0.25) is 4.79 Å². The van der Waals surface area contributed by atoms with Crippen LogP contribution >= 0.6 is 15.9 Å². The molecule has 27 heavy (non-hydrogen) atoms. The van der Waals surface area contributed by atoms with Crippen LogP contribution in [-0.2, 0) is 9.53 Å². The van der Waals surface area contributed by atoms with Gasteiger partial charge in [0.25, 0.3) is 0 Å². The first-order valence-corrected chi connectivity index (χ1v) is 12.8. The number of carbonyl (C=O) groups excluding carboxylic acids is 1. The number of rotatable bonds is 20. The minimum atomic E-state index is -0.0165. The first-order chi connectivity index (χ1) is 13.2. The Kier molecular flexibility index (Phi) is 21.7. The summed E-state index contributed by atoms with van der Waals surface area (Å²) in [5, 5.41) is 1.04. The van der Waals surface area contributed by atoms with Crippen LogP contribution in [0.25, 0.3) is 0 Å². The zero-order valence-corrected chi connectivity index (χ0v) is 19.8. The van der Waals surface area contributed by atoms with Crippen molar-refractivity contribution in [2.45, 2.75) is 123 Å². The molecule has 0 spiro atoms. The fraction of sp³-hybridized carbons (Fsp3) is 0.875. The Balaban J connectivity index is 3.89. The van der Waals surface area contributed by atoms with Gasteiger partial charge >= 0.3 is 5.97 Å². The maximum Gasteiger partial charge on any atom is 0.305 e. The number of carbonyl (C=O) groups is 1. The highest BCUT2D eigenvalue weighted by molar-refractivity contribution is 9.09. The van der Waals surface area contributed by atoms with Crippen molar-refractivity contribution in [3.63, 3.8) is 0 Å². The number of hydrogen-bond acceptors (Lipinski definition) is 2. The number of esters is 1. The van der Waals surface area contributed by atoms with Crippen molar-refractivity contribution in [1.82, 2.24) is 0 Å². The molecule has 0 bridgehead atoms. The smallest absolute Gasteiger partial charge is 0.305 e. The van der Waals surface area contributed by atoms with Gasteiger partial charge in [-0.2, -0.15) is 0 Å². The summed E-state index contributed by atoms with van der Waals surface area (Å²) in [5.74, 6) is -0.0165. The first-order valence-electron chi connectivity index (χ1n) is 11.6. The molecule has 0 aliphatic carbocycles. The Bertz CT molecular complexity index is 338. The number of alkyl halides is 1. The molecule has 0 saturated heterocycles. The molecular weight excluding hydrogens is 400 g/mol. The molecule has 3 heteroatoms. The van der Waals surface area contributed by atoms with Crippen LogP contribution in [-0.4, -0.2) is 17.9 Å². The van der Waals surface area contributed by atoms with E-state index in [0.29, 0.717) is 13.0 Å². The molecule has 0 fully saturated rings. The van der Waals surface area contributed by atoms with E-state index in [0.717, 1.165) is 43.9 Å². The zero-order valence-electron chi connectivity index (χ0n) is 18.2. The Morgan fingerprint density at radius 3 is 1.93 bits per heavy atom. The minimum absolute atomic E-state index is 0.0165. The summed E-state index contributed by atoms with van der Waals surface area (Å²) >= 11 is 3.42. The third kappa shape index (κ3) is 20.2. The lowest BCUT2D eigenvalue weighted by Gasteiger charge is -2.08. The molecule has 0 aromatic heterocycles. The van der Waals surface area contributed by atoms with E-state index in [-0.39, 0.29) is 5.97 Å². The molecule has 0 radical (unpaired) electrons. The van der Waals surface area contributed by atoms with E-state index in [1.807, 2.05) is 0 Å². The van der Waals surface area contributed by atoms with Gasteiger partial charge in [0.15, 0.2) is 0 Å². The molecule has 0 heterocycles. The fourth-order valence-electron chi connectivity index (χ4n) is 3.24. The maximum atomic E-state index is 11.7. The van der Waals surface area contributed by atoms with Crippen molar-refractivity contribution in [2.75, 3.05) is 11.9 Å². The van der Waals surface area contributed by atoms with Gasteiger partial charge in [0.1, 0.15) is 0 Å². The second-order valence-corrected chi connectivity index (χ2v) is 8.49. The lowest BCUT2D eigenvalue weighted by molar-refractivity contribution is -0.143. The summed E-state index contributed by atoms with van der Waals surface area (Å²) in [6.07, 6.45) is 22.8. The number of ether oxygens (including phenoxy) is 1. The van der Waals surface area contributed by atoms with E-state index in [1.165, 1.54) is 64.2 Å². The molecule has 160 valence electrons. The van der Waals surface area contributed by atoms with E-state index in [1.54, 1.807) is 5.57 Å². The van der Waals surface area contributed by atoms with Crippen LogP contribution in [0.1, 0.15) is 123 Å². The van der Waals surface area contributed by atoms with Crippen molar-refractivity contribution in [3.8, 4) is 0 Å². The number of hydrogen-bond donors (Lipinski definition) is 0. The second kappa shape index (κ2) is 22.0. The van der Waals surface area contributed by atoms with Crippen LogP contribution in [0.4, 0.5) is 0 Å². The van der Waals surface area contributed by atoms with E-state index < -0.39 is 0 Å². The predicted molar refractivity (Wildman–Crippen MR) is 123 cm³/mol. The van der Waals surface area contributed by atoms with Gasteiger partial charge in [0, 0.05) is 11.8 Å². The van der Waals surface area contributed by atoms with Crippen LogP contribution in [0.3, 0.4) is 0 Å². The first kappa shape index (κ1) is 26.7. The molecule has 0 rings (SSSR count). The van der Waals surface area contributed by atoms with Gasteiger partial charge in [-0.25, -0.2) is 0 Å². The number of unbranched alkanes of at least 4 members (excludes halogenated alkanes) is 10. The molecule has 0 saturated carbocycles. The third-order valence-electron chi connectivity index (χ3n) is 5.01. The molecule has 0 aromatic rings. The summed E-state index contributed by atoms with van der Waals surface area (Å²) in [4.78, 5) is 11.7. The van der Waals surface area contributed by atoms with Gasteiger partial charge < -0.3 is 4.74 Å². The normalized spacial score (nSPS) is 10.8. The summed E-state index contributed by atoms with van der Waals surface area (Å²) < 4.78 is 5.30. The highest BCUT2D eigenvalue weighted by Gasteiger charge is 2.03. The molecule has 0 aliphatic rings. The SMILES string of the molecule is CCCCCCC(=CCCCCC(=O)OCCCCCBr)CCCCCC. The lowest BCUT2D eigenvalue weighted by atomic mass is 9.98. The number of halogens is 1.